The fourth-order valence-electron chi connectivity index (χ4n) is 3.71. The molecule has 3 amide bonds. The summed E-state index contributed by atoms with van der Waals surface area (Å²) in [4.78, 5) is 43.3. The van der Waals surface area contributed by atoms with E-state index in [4.69, 9.17) is 0 Å². The number of aromatic nitrogens is 1. The minimum absolute atomic E-state index is 0.0143. The highest BCUT2D eigenvalue weighted by atomic mass is 16.2. The first-order valence-electron chi connectivity index (χ1n) is 10.2. The van der Waals surface area contributed by atoms with Crippen molar-refractivity contribution in [2.75, 3.05) is 43.4 Å². The van der Waals surface area contributed by atoms with Gasteiger partial charge >= 0.3 is 0 Å². The Bertz CT molecular complexity index is 1060. The Morgan fingerprint density at radius 3 is 2.19 bits per heavy atom. The van der Waals surface area contributed by atoms with Crippen LogP contribution in [0.4, 0.5) is 11.4 Å². The Balaban J connectivity index is 1.26. The molecule has 0 aliphatic carbocycles. The Morgan fingerprint density at radius 2 is 1.55 bits per heavy atom. The van der Waals surface area contributed by atoms with E-state index in [1.165, 1.54) is 6.92 Å². The highest BCUT2D eigenvalue weighted by molar-refractivity contribution is 5.98. The van der Waals surface area contributed by atoms with Gasteiger partial charge in [0.05, 0.1) is 6.54 Å². The summed E-state index contributed by atoms with van der Waals surface area (Å²) in [5.41, 5.74) is 2.90. The molecular weight excluding hydrogens is 394 g/mol. The molecule has 3 N–H and O–H groups in total. The van der Waals surface area contributed by atoms with Crippen molar-refractivity contribution in [3.63, 3.8) is 0 Å². The standard InChI is InChI=1S/C23H25N5O3/c1-16(29)24-18-6-8-19(9-7-18)25-22(30)15-27-10-12-28(13-11-27)23(31)21-14-17-4-2-3-5-20(17)26-21/h2-9,14,26H,10-13,15H2,1H3,(H,24,29)(H,25,30). The molecule has 31 heavy (non-hydrogen) atoms. The van der Waals surface area contributed by atoms with Crippen LogP contribution in [0, 0.1) is 0 Å². The summed E-state index contributed by atoms with van der Waals surface area (Å²) in [6.45, 7) is 4.15. The number of H-pyrrole nitrogens is 1. The number of anilines is 2. The first kappa shape index (κ1) is 20.6. The van der Waals surface area contributed by atoms with Gasteiger partial charge in [0.2, 0.25) is 11.8 Å². The van der Waals surface area contributed by atoms with Crippen LogP contribution in [0.2, 0.25) is 0 Å². The zero-order valence-electron chi connectivity index (χ0n) is 17.4. The van der Waals surface area contributed by atoms with Crippen molar-refractivity contribution in [3.8, 4) is 0 Å². The number of benzene rings is 2. The van der Waals surface area contributed by atoms with E-state index in [0.717, 1.165) is 10.9 Å². The Morgan fingerprint density at radius 1 is 0.903 bits per heavy atom. The second kappa shape index (κ2) is 9.01. The molecule has 4 rings (SSSR count). The van der Waals surface area contributed by atoms with Crippen molar-refractivity contribution < 1.29 is 14.4 Å². The minimum atomic E-state index is -0.140. The number of carbonyl (C=O) groups excluding carboxylic acids is 3. The molecule has 1 fully saturated rings. The monoisotopic (exact) mass is 419 g/mol. The van der Waals surface area contributed by atoms with Gasteiger partial charge < -0.3 is 20.5 Å². The first-order chi connectivity index (χ1) is 15.0. The quantitative estimate of drug-likeness (QED) is 0.592. The number of piperazine rings is 1. The molecule has 8 nitrogen and oxygen atoms in total. The molecule has 1 aliphatic heterocycles. The minimum Gasteiger partial charge on any atom is -0.351 e. The maximum Gasteiger partial charge on any atom is 0.270 e. The van der Waals surface area contributed by atoms with E-state index in [2.05, 4.69) is 15.6 Å². The van der Waals surface area contributed by atoms with Gasteiger partial charge in [0.15, 0.2) is 0 Å². The summed E-state index contributed by atoms with van der Waals surface area (Å²) < 4.78 is 0. The summed E-state index contributed by atoms with van der Waals surface area (Å²) in [7, 11) is 0. The molecule has 160 valence electrons. The summed E-state index contributed by atoms with van der Waals surface area (Å²) in [5.74, 6) is -0.263. The van der Waals surface area contributed by atoms with E-state index < -0.39 is 0 Å². The number of nitrogens with zero attached hydrogens (tertiary/aromatic N) is 2. The number of hydrogen-bond acceptors (Lipinski definition) is 4. The number of hydrogen-bond donors (Lipinski definition) is 3. The van der Waals surface area contributed by atoms with Gasteiger partial charge in [-0.3, -0.25) is 19.3 Å². The SMILES string of the molecule is CC(=O)Nc1ccc(NC(=O)CN2CCN(C(=O)c3cc4ccccc4[nH]3)CC2)cc1. The van der Waals surface area contributed by atoms with Crippen molar-refractivity contribution in [2.45, 2.75) is 6.92 Å². The number of nitrogens with one attached hydrogen (secondary N) is 3. The van der Waals surface area contributed by atoms with Gasteiger partial charge in [-0.25, -0.2) is 0 Å². The third-order valence-electron chi connectivity index (χ3n) is 5.28. The van der Waals surface area contributed by atoms with E-state index in [1.54, 1.807) is 24.3 Å². The number of para-hydroxylation sites is 1. The number of amides is 3. The zero-order valence-corrected chi connectivity index (χ0v) is 17.4. The van der Waals surface area contributed by atoms with Gasteiger partial charge in [0, 0.05) is 55.4 Å². The first-order valence-corrected chi connectivity index (χ1v) is 10.2. The molecular formula is C23H25N5O3. The van der Waals surface area contributed by atoms with Crippen molar-refractivity contribution in [1.82, 2.24) is 14.8 Å². The number of carbonyl (C=O) groups is 3. The smallest absolute Gasteiger partial charge is 0.270 e. The van der Waals surface area contributed by atoms with Crippen LogP contribution in [0.3, 0.4) is 0 Å². The van der Waals surface area contributed by atoms with Gasteiger partial charge in [-0.05, 0) is 36.4 Å². The molecule has 0 saturated carbocycles. The predicted octanol–water partition coefficient (Wildman–Crippen LogP) is 2.52. The Kier molecular flexibility index (Phi) is 5.99. The van der Waals surface area contributed by atoms with E-state index in [-0.39, 0.29) is 24.3 Å². The van der Waals surface area contributed by atoms with Crippen LogP contribution in [0.1, 0.15) is 17.4 Å². The van der Waals surface area contributed by atoms with E-state index >= 15 is 0 Å². The lowest BCUT2D eigenvalue weighted by atomic mass is 10.2. The molecule has 0 radical (unpaired) electrons. The fourth-order valence-corrected chi connectivity index (χ4v) is 3.71. The summed E-state index contributed by atoms with van der Waals surface area (Å²) >= 11 is 0. The second-order valence-electron chi connectivity index (χ2n) is 7.65. The highest BCUT2D eigenvalue weighted by Gasteiger charge is 2.24. The zero-order chi connectivity index (χ0) is 21.8. The molecule has 0 bridgehead atoms. The summed E-state index contributed by atoms with van der Waals surface area (Å²) in [6, 6.07) is 16.7. The largest absolute Gasteiger partial charge is 0.351 e. The van der Waals surface area contributed by atoms with Crippen LogP contribution < -0.4 is 10.6 Å². The van der Waals surface area contributed by atoms with Gasteiger partial charge in [0.1, 0.15) is 5.69 Å². The molecule has 2 heterocycles. The molecule has 0 spiro atoms. The van der Waals surface area contributed by atoms with E-state index in [0.29, 0.717) is 43.2 Å². The lowest BCUT2D eigenvalue weighted by molar-refractivity contribution is -0.117. The summed E-state index contributed by atoms with van der Waals surface area (Å²) in [5, 5.41) is 6.57. The third-order valence-corrected chi connectivity index (χ3v) is 5.28. The van der Waals surface area contributed by atoms with Crippen LogP contribution in [0.5, 0.6) is 0 Å². The van der Waals surface area contributed by atoms with Crippen molar-refractivity contribution in [3.05, 3.63) is 60.3 Å². The number of rotatable bonds is 5. The highest BCUT2D eigenvalue weighted by Crippen LogP contribution is 2.17. The van der Waals surface area contributed by atoms with Gasteiger partial charge in [0.25, 0.3) is 5.91 Å². The molecule has 1 saturated heterocycles. The fraction of sp³-hybridized carbons (Fsp3) is 0.261. The van der Waals surface area contributed by atoms with Crippen LogP contribution >= 0.6 is 0 Å². The van der Waals surface area contributed by atoms with Gasteiger partial charge in [-0.15, -0.1) is 0 Å². The molecule has 1 aliphatic rings. The average Bonchev–Trinajstić information content (AvgIpc) is 3.19. The summed E-state index contributed by atoms with van der Waals surface area (Å²) in [6.07, 6.45) is 0. The maximum atomic E-state index is 12.8. The van der Waals surface area contributed by atoms with Crippen LogP contribution in [-0.2, 0) is 9.59 Å². The van der Waals surface area contributed by atoms with Gasteiger partial charge in [-0.2, -0.15) is 0 Å². The third kappa shape index (κ3) is 5.10. The normalized spacial score (nSPS) is 14.4. The topological polar surface area (TPSA) is 97.5 Å². The van der Waals surface area contributed by atoms with Crippen molar-refractivity contribution in [1.29, 1.82) is 0 Å². The predicted molar refractivity (Wildman–Crippen MR) is 120 cm³/mol. The maximum absolute atomic E-state index is 12.8. The number of aromatic amines is 1. The van der Waals surface area contributed by atoms with Crippen LogP contribution in [0.15, 0.2) is 54.6 Å². The van der Waals surface area contributed by atoms with E-state index in [9.17, 15) is 14.4 Å². The molecule has 1 aromatic heterocycles. The Labute approximate surface area is 180 Å². The lowest BCUT2D eigenvalue weighted by Gasteiger charge is -2.34. The van der Waals surface area contributed by atoms with Crippen LogP contribution in [0.25, 0.3) is 10.9 Å². The molecule has 8 heteroatoms. The molecule has 0 atom stereocenters. The lowest BCUT2D eigenvalue weighted by Crippen LogP contribution is -2.50. The molecule has 2 aromatic carbocycles. The average molecular weight is 419 g/mol. The van der Waals surface area contributed by atoms with Crippen LogP contribution in [-0.4, -0.2) is 65.2 Å². The van der Waals surface area contributed by atoms with Crippen molar-refractivity contribution in [2.24, 2.45) is 0 Å². The van der Waals surface area contributed by atoms with E-state index in [1.807, 2.05) is 40.1 Å². The number of fused-ring (bicyclic) bond motifs is 1. The molecule has 0 unspecified atom stereocenters. The second-order valence-corrected chi connectivity index (χ2v) is 7.65. The molecule has 3 aromatic rings. The van der Waals surface area contributed by atoms with Gasteiger partial charge in [-0.1, -0.05) is 18.2 Å². The Hall–Kier alpha value is -3.65. The van der Waals surface area contributed by atoms with Crippen molar-refractivity contribution >= 4 is 40.0 Å².